The molecule has 0 aliphatic carbocycles. The summed E-state index contributed by atoms with van der Waals surface area (Å²) in [6, 6.07) is 80.0. The van der Waals surface area contributed by atoms with Gasteiger partial charge in [0.2, 0.25) is 0 Å². The summed E-state index contributed by atoms with van der Waals surface area (Å²) in [6.07, 6.45) is 0. The summed E-state index contributed by atoms with van der Waals surface area (Å²) in [4.78, 5) is 0. The quantitative estimate of drug-likeness (QED) is 0.156. The van der Waals surface area contributed by atoms with E-state index in [0.717, 1.165) is 0 Å². The Balaban J connectivity index is 0.000000163. The molecule has 96 heavy (non-hydrogen) atoms. The summed E-state index contributed by atoms with van der Waals surface area (Å²) in [5.74, 6) is 0. The van der Waals surface area contributed by atoms with Crippen LogP contribution in [0.25, 0.3) is 66.8 Å². The molecule has 0 fully saturated rings. The maximum absolute atomic E-state index is 2.27. The van der Waals surface area contributed by atoms with E-state index in [4.69, 9.17) is 0 Å². The molecule has 0 saturated heterocycles. The van der Waals surface area contributed by atoms with E-state index in [1.807, 2.05) is 0 Å². The smallest absolute Gasteiger partial charge is 0.0149 e. The molecule has 492 valence electrons. The first-order valence-electron chi connectivity index (χ1n) is 34.3. The minimum Gasteiger partial charge on any atom is -0.0590 e. The zero-order valence-electron chi connectivity index (χ0n) is 62.8. The van der Waals surface area contributed by atoms with Crippen LogP contribution in [0.3, 0.4) is 0 Å². The van der Waals surface area contributed by atoms with E-state index >= 15 is 0 Å². The predicted molar refractivity (Wildman–Crippen MR) is 425 cm³/mol. The third-order valence-corrected chi connectivity index (χ3v) is 18.7. The minimum absolute atomic E-state index is 1.31. The van der Waals surface area contributed by atoms with Crippen LogP contribution in [0.5, 0.6) is 0 Å². The molecular formula is C96H108. The molecule has 0 radical (unpaired) electrons. The average Bonchev–Trinajstić information content (AvgIpc) is 0.863. The molecule has 0 spiro atoms. The number of aryl methyl sites for hydroxylation is 24. The lowest BCUT2D eigenvalue weighted by Crippen LogP contribution is -1.89. The second kappa shape index (κ2) is 33.8. The van der Waals surface area contributed by atoms with Crippen molar-refractivity contribution in [1.82, 2.24) is 0 Å². The molecular weight excluding hydrogens is 1150 g/mol. The van der Waals surface area contributed by atoms with Crippen molar-refractivity contribution in [2.75, 3.05) is 0 Å². The molecule has 0 atom stereocenters. The van der Waals surface area contributed by atoms with Gasteiger partial charge in [0.1, 0.15) is 0 Å². The van der Waals surface area contributed by atoms with E-state index in [2.05, 4.69) is 385 Å². The molecule has 0 nitrogen and oxygen atoms in total. The van der Waals surface area contributed by atoms with Gasteiger partial charge in [0.05, 0.1) is 0 Å². The fourth-order valence-corrected chi connectivity index (χ4v) is 12.3. The van der Waals surface area contributed by atoms with Crippen LogP contribution in [-0.2, 0) is 0 Å². The van der Waals surface area contributed by atoms with Crippen LogP contribution in [0.2, 0.25) is 0 Å². The lowest BCUT2D eigenvalue weighted by atomic mass is 9.94. The predicted octanol–water partition coefficient (Wildman–Crippen LogP) is 27.5. The van der Waals surface area contributed by atoms with E-state index in [1.165, 1.54) is 200 Å². The van der Waals surface area contributed by atoms with Crippen LogP contribution >= 0.6 is 0 Å². The van der Waals surface area contributed by atoms with Crippen molar-refractivity contribution in [2.24, 2.45) is 0 Å². The van der Waals surface area contributed by atoms with Crippen molar-refractivity contribution in [3.05, 3.63) is 352 Å². The van der Waals surface area contributed by atoms with Crippen molar-refractivity contribution >= 4 is 0 Å². The Bertz CT molecular complexity index is 4130. The summed E-state index contributed by atoms with van der Waals surface area (Å²) in [5.41, 5.74) is 48.2. The van der Waals surface area contributed by atoms with E-state index in [0.29, 0.717) is 0 Å². The molecule has 0 bridgehead atoms. The monoisotopic (exact) mass is 1260 g/mol. The van der Waals surface area contributed by atoms with Gasteiger partial charge in [-0.1, -0.05) is 274 Å². The standard InChI is InChI=1S/6C16H18/c1-11-5-12(2)8-15(7-11)16-9-13(3)6-14(4)10-16;2*1-11-5-7-15(9-13(11)3)16-8-6-12(2)14(4)10-16;1-11-5-7-15(13(3)9-11)16-8-6-12(2)10-14(16)4;2*1-11-5-7-13(3)15(9-11)16-10-12(2)6-8-14(16)4/h6*5-10H,1-4H3. The Morgan fingerprint density at radius 1 is 0.104 bits per heavy atom. The number of hydrogen-bond donors (Lipinski definition) is 0. The molecule has 0 heterocycles. The Morgan fingerprint density at radius 3 is 0.510 bits per heavy atom. The third kappa shape index (κ3) is 20.8. The first kappa shape index (κ1) is 74.0. The summed E-state index contributed by atoms with van der Waals surface area (Å²) < 4.78 is 0. The van der Waals surface area contributed by atoms with E-state index in [9.17, 15) is 0 Å². The highest BCUT2D eigenvalue weighted by atomic mass is 14.1. The molecule has 0 unspecified atom stereocenters. The lowest BCUT2D eigenvalue weighted by Gasteiger charge is -2.11. The maximum Gasteiger partial charge on any atom is -0.0149 e. The van der Waals surface area contributed by atoms with Crippen LogP contribution in [0, 0.1) is 166 Å². The second-order valence-electron chi connectivity index (χ2n) is 27.9. The third-order valence-electron chi connectivity index (χ3n) is 18.7. The van der Waals surface area contributed by atoms with Crippen molar-refractivity contribution in [1.29, 1.82) is 0 Å². The van der Waals surface area contributed by atoms with Gasteiger partial charge in [0.15, 0.2) is 0 Å². The van der Waals surface area contributed by atoms with E-state index in [1.54, 1.807) is 0 Å². The molecule has 0 aromatic heterocycles. The van der Waals surface area contributed by atoms with Crippen molar-refractivity contribution in [2.45, 2.75) is 166 Å². The molecule has 0 aliphatic rings. The fraction of sp³-hybridized carbons (Fsp3) is 0.250. The normalized spacial score (nSPS) is 10.5. The zero-order chi connectivity index (χ0) is 70.2. The molecule has 0 aliphatic heterocycles. The van der Waals surface area contributed by atoms with Crippen molar-refractivity contribution in [3.8, 4) is 66.8 Å². The molecule has 0 amide bonds. The zero-order valence-corrected chi connectivity index (χ0v) is 62.8. The first-order chi connectivity index (χ1) is 45.4. The van der Waals surface area contributed by atoms with Gasteiger partial charge in [0, 0.05) is 0 Å². The Kier molecular flexibility index (Phi) is 26.1. The van der Waals surface area contributed by atoms with Crippen LogP contribution in [-0.4, -0.2) is 0 Å². The highest BCUT2D eigenvalue weighted by molar-refractivity contribution is 5.75. The highest BCUT2D eigenvalue weighted by Crippen LogP contribution is 2.33. The maximum atomic E-state index is 2.27. The molecule has 12 rings (SSSR count). The molecule has 0 N–H and O–H groups in total. The molecule has 12 aromatic rings. The van der Waals surface area contributed by atoms with E-state index in [-0.39, 0.29) is 0 Å². The van der Waals surface area contributed by atoms with Gasteiger partial charge < -0.3 is 0 Å². The molecule has 0 heteroatoms. The summed E-state index contributed by atoms with van der Waals surface area (Å²) in [6.45, 7) is 51.8. The van der Waals surface area contributed by atoms with Crippen LogP contribution in [0.1, 0.15) is 134 Å². The highest BCUT2D eigenvalue weighted by Gasteiger charge is 2.10. The Labute approximate surface area is 581 Å². The second-order valence-corrected chi connectivity index (χ2v) is 27.9. The van der Waals surface area contributed by atoms with Gasteiger partial charge in [-0.15, -0.1) is 0 Å². The average molecular weight is 1260 g/mol. The first-order valence-corrected chi connectivity index (χ1v) is 34.3. The van der Waals surface area contributed by atoms with Gasteiger partial charge in [-0.2, -0.15) is 0 Å². The van der Waals surface area contributed by atoms with E-state index < -0.39 is 0 Å². The van der Waals surface area contributed by atoms with Crippen LogP contribution < -0.4 is 0 Å². The van der Waals surface area contributed by atoms with Crippen molar-refractivity contribution < 1.29 is 0 Å². The number of hydrogen-bond acceptors (Lipinski definition) is 0. The Hall–Kier alpha value is -9.36. The molecule has 12 aromatic carbocycles. The summed E-state index contributed by atoms with van der Waals surface area (Å²) >= 11 is 0. The minimum atomic E-state index is 1.31. The fourth-order valence-electron chi connectivity index (χ4n) is 12.3. The van der Waals surface area contributed by atoms with Crippen molar-refractivity contribution in [3.63, 3.8) is 0 Å². The topological polar surface area (TPSA) is 0 Å². The lowest BCUT2D eigenvalue weighted by molar-refractivity contribution is 1.32. The summed E-state index contributed by atoms with van der Waals surface area (Å²) in [5, 5.41) is 0. The van der Waals surface area contributed by atoms with Gasteiger partial charge >= 0.3 is 0 Å². The summed E-state index contributed by atoms with van der Waals surface area (Å²) in [7, 11) is 0. The number of benzene rings is 12. The number of rotatable bonds is 6. The van der Waals surface area contributed by atoms with Gasteiger partial charge in [-0.3, -0.25) is 0 Å². The Morgan fingerprint density at radius 2 is 0.302 bits per heavy atom. The van der Waals surface area contributed by atoms with Crippen LogP contribution in [0.15, 0.2) is 218 Å². The van der Waals surface area contributed by atoms with Gasteiger partial charge in [0.25, 0.3) is 0 Å². The van der Waals surface area contributed by atoms with Gasteiger partial charge in [-0.25, -0.2) is 0 Å². The van der Waals surface area contributed by atoms with Crippen LogP contribution in [0.4, 0.5) is 0 Å². The molecule has 0 saturated carbocycles. The SMILES string of the molecule is Cc1cc(C)cc(-c2cc(C)cc(C)c2)c1.Cc1ccc(-c2ccc(C)c(C)c2)cc1C.Cc1ccc(-c2ccc(C)c(C)c2)cc1C.Cc1ccc(-c2ccc(C)cc2C)c(C)c1.Cc1ccc(C)c(-c2cc(C)ccc2C)c1.Cc1ccc(C)c(-c2cc(C)ccc2C)c1. The largest absolute Gasteiger partial charge is 0.0590 e. The van der Waals surface area contributed by atoms with Gasteiger partial charge in [-0.05, 0) is 311 Å².